The van der Waals surface area contributed by atoms with Crippen molar-refractivity contribution in [1.82, 2.24) is 15.3 Å². The maximum absolute atomic E-state index is 11.3. The smallest absolute Gasteiger partial charge is 0.276 e. The number of H-pyrrole nitrogens is 1. The van der Waals surface area contributed by atoms with Crippen molar-refractivity contribution < 1.29 is 0 Å². The lowest BCUT2D eigenvalue weighted by molar-refractivity contribution is 0.441. The number of hydrogen-bond donors (Lipinski definition) is 3. The summed E-state index contributed by atoms with van der Waals surface area (Å²) in [5.41, 5.74) is 5.67. The minimum atomic E-state index is -0.263. The van der Waals surface area contributed by atoms with Crippen LogP contribution in [0.5, 0.6) is 0 Å². The van der Waals surface area contributed by atoms with E-state index >= 15 is 0 Å². The van der Waals surface area contributed by atoms with Gasteiger partial charge in [0.25, 0.3) is 5.56 Å². The van der Waals surface area contributed by atoms with E-state index in [2.05, 4.69) is 20.2 Å². The Hall–Kier alpha value is -1.56. The first-order valence-electron chi connectivity index (χ1n) is 5.47. The molecular formula is C10H17N5O. The number of nitrogens with zero attached hydrogens (tertiary/aromatic N) is 2. The number of hydrogen-bond acceptors (Lipinski definition) is 5. The Morgan fingerprint density at radius 2 is 2.25 bits per heavy atom. The Morgan fingerprint density at radius 1 is 1.56 bits per heavy atom. The molecule has 0 amide bonds. The third kappa shape index (κ3) is 2.01. The molecule has 0 atom stereocenters. The van der Waals surface area contributed by atoms with Crippen molar-refractivity contribution in [1.29, 1.82) is 0 Å². The summed E-state index contributed by atoms with van der Waals surface area (Å²) >= 11 is 0. The molecule has 0 saturated carbocycles. The van der Waals surface area contributed by atoms with Crippen LogP contribution in [0, 0.1) is 0 Å². The maximum Gasteiger partial charge on any atom is 0.276 e. The van der Waals surface area contributed by atoms with E-state index in [-0.39, 0.29) is 11.2 Å². The molecule has 88 valence electrons. The van der Waals surface area contributed by atoms with Crippen LogP contribution in [0.3, 0.4) is 0 Å². The second-order valence-electron chi connectivity index (χ2n) is 4.02. The zero-order valence-electron chi connectivity index (χ0n) is 9.36. The first-order valence-corrected chi connectivity index (χ1v) is 5.47. The Kier molecular flexibility index (Phi) is 3.09. The molecular weight excluding hydrogens is 206 g/mol. The molecule has 1 aromatic rings. The predicted molar refractivity (Wildman–Crippen MR) is 63.6 cm³/mol. The van der Waals surface area contributed by atoms with Gasteiger partial charge < -0.3 is 20.9 Å². The van der Waals surface area contributed by atoms with Crippen LogP contribution in [-0.2, 0) is 0 Å². The number of aromatic nitrogens is 2. The number of rotatable bonds is 2. The van der Waals surface area contributed by atoms with Gasteiger partial charge in [0.15, 0.2) is 5.82 Å². The van der Waals surface area contributed by atoms with Crippen LogP contribution in [0.2, 0.25) is 0 Å². The van der Waals surface area contributed by atoms with Crippen molar-refractivity contribution in [3.63, 3.8) is 0 Å². The Morgan fingerprint density at radius 3 is 2.88 bits per heavy atom. The number of nitrogens with one attached hydrogen (secondary N) is 2. The van der Waals surface area contributed by atoms with E-state index in [0.717, 1.165) is 25.9 Å². The molecule has 6 nitrogen and oxygen atoms in total. The van der Waals surface area contributed by atoms with Gasteiger partial charge in [-0.3, -0.25) is 4.79 Å². The highest BCUT2D eigenvalue weighted by molar-refractivity contribution is 5.60. The molecule has 1 saturated heterocycles. The molecule has 0 bridgehead atoms. The Labute approximate surface area is 93.9 Å². The van der Waals surface area contributed by atoms with E-state index in [1.165, 1.54) is 6.33 Å². The standard InChI is InChI=1S/C10H17N5O/c1-12-7-2-4-15(5-3-7)9-8(11)10(16)14-6-13-9/h6-7,12H,2-5,11H2,1H3,(H,13,14,16). The summed E-state index contributed by atoms with van der Waals surface area (Å²) in [7, 11) is 1.97. The first-order chi connectivity index (χ1) is 7.72. The molecule has 2 rings (SSSR count). The maximum atomic E-state index is 11.3. The minimum Gasteiger partial charge on any atom is -0.391 e. The van der Waals surface area contributed by atoms with Crippen molar-refractivity contribution in [3.8, 4) is 0 Å². The number of piperidine rings is 1. The summed E-state index contributed by atoms with van der Waals surface area (Å²) in [6, 6.07) is 0.555. The fraction of sp³-hybridized carbons (Fsp3) is 0.600. The van der Waals surface area contributed by atoms with E-state index < -0.39 is 0 Å². The average molecular weight is 223 g/mol. The van der Waals surface area contributed by atoms with Gasteiger partial charge in [-0.1, -0.05) is 0 Å². The normalized spacial score (nSPS) is 17.7. The molecule has 6 heteroatoms. The molecule has 0 radical (unpaired) electrons. The SMILES string of the molecule is CNC1CCN(c2nc[nH]c(=O)c2N)CC1. The van der Waals surface area contributed by atoms with E-state index in [9.17, 15) is 4.79 Å². The highest BCUT2D eigenvalue weighted by atomic mass is 16.1. The van der Waals surface area contributed by atoms with Gasteiger partial charge >= 0.3 is 0 Å². The van der Waals surface area contributed by atoms with Gasteiger partial charge in [0.1, 0.15) is 5.69 Å². The lowest BCUT2D eigenvalue weighted by Crippen LogP contribution is -2.42. The number of nitrogen functional groups attached to an aromatic ring is 1. The fourth-order valence-corrected chi connectivity index (χ4v) is 2.03. The number of aromatic amines is 1. The second-order valence-corrected chi connectivity index (χ2v) is 4.02. The third-order valence-corrected chi connectivity index (χ3v) is 3.07. The van der Waals surface area contributed by atoms with E-state index in [4.69, 9.17) is 5.73 Å². The predicted octanol–water partition coefficient (Wildman–Crippen LogP) is -0.460. The summed E-state index contributed by atoms with van der Waals surface area (Å²) in [5, 5.41) is 3.26. The van der Waals surface area contributed by atoms with E-state index in [0.29, 0.717) is 11.9 Å². The monoisotopic (exact) mass is 223 g/mol. The van der Waals surface area contributed by atoms with Crippen LogP contribution >= 0.6 is 0 Å². The number of anilines is 2. The lowest BCUT2D eigenvalue weighted by Gasteiger charge is -2.32. The zero-order chi connectivity index (χ0) is 11.5. The molecule has 0 aliphatic carbocycles. The molecule has 4 N–H and O–H groups in total. The average Bonchev–Trinajstić information content (AvgIpc) is 2.33. The molecule has 1 aromatic heterocycles. The van der Waals surface area contributed by atoms with E-state index in [1.807, 2.05) is 7.05 Å². The number of nitrogens with two attached hydrogens (primary N) is 1. The van der Waals surface area contributed by atoms with Gasteiger partial charge in [-0.25, -0.2) is 4.98 Å². The first kappa shape index (κ1) is 10.9. The molecule has 0 aromatic carbocycles. The highest BCUT2D eigenvalue weighted by Crippen LogP contribution is 2.20. The molecule has 2 heterocycles. The van der Waals surface area contributed by atoms with Crippen LogP contribution in [0.25, 0.3) is 0 Å². The fourth-order valence-electron chi connectivity index (χ4n) is 2.03. The van der Waals surface area contributed by atoms with Gasteiger partial charge in [0.2, 0.25) is 0 Å². The van der Waals surface area contributed by atoms with Gasteiger partial charge in [0.05, 0.1) is 6.33 Å². The van der Waals surface area contributed by atoms with Crippen LogP contribution in [-0.4, -0.2) is 36.1 Å². The zero-order valence-corrected chi connectivity index (χ0v) is 9.36. The Balaban J connectivity index is 2.14. The third-order valence-electron chi connectivity index (χ3n) is 3.07. The largest absolute Gasteiger partial charge is 0.391 e. The van der Waals surface area contributed by atoms with Crippen molar-refractivity contribution in [2.24, 2.45) is 0 Å². The molecule has 1 fully saturated rings. The van der Waals surface area contributed by atoms with Gasteiger partial charge in [-0.15, -0.1) is 0 Å². The van der Waals surface area contributed by atoms with Crippen molar-refractivity contribution >= 4 is 11.5 Å². The lowest BCUT2D eigenvalue weighted by atomic mass is 10.1. The van der Waals surface area contributed by atoms with Crippen molar-refractivity contribution in [2.75, 3.05) is 30.8 Å². The molecule has 16 heavy (non-hydrogen) atoms. The highest BCUT2D eigenvalue weighted by Gasteiger charge is 2.20. The van der Waals surface area contributed by atoms with Gasteiger partial charge in [0, 0.05) is 19.1 Å². The summed E-state index contributed by atoms with van der Waals surface area (Å²) in [6.45, 7) is 1.76. The van der Waals surface area contributed by atoms with Crippen LogP contribution in [0.4, 0.5) is 11.5 Å². The van der Waals surface area contributed by atoms with Crippen LogP contribution in [0.1, 0.15) is 12.8 Å². The topological polar surface area (TPSA) is 87.0 Å². The minimum absolute atomic E-state index is 0.213. The van der Waals surface area contributed by atoms with Gasteiger partial charge in [-0.05, 0) is 19.9 Å². The van der Waals surface area contributed by atoms with E-state index in [1.54, 1.807) is 0 Å². The quantitative estimate of drug-likeness (QED) is 0.631. The second kappa shape index (κ2) is 4.52. The van der Waals surface area contributed by atoms with Crippen molar-refractivity contribution in [2.45, 2.75) is 18.9 Å². The summed E-state index contributed by atoms with van der Waals surface area (Å²) in [5.74, 6) is 0.610. The summed E-state index contributed by atoms with van der Waals surface area (Å²) in [4.78, 5) is 20.0. The van der Waals surface area contributed by atoms with Crippen LogP contribution in [0.15, 0.2) is 11.1 Å². The van der Waals surface area contributed by atoms with Crippen LogP contribution < -0.4 is 21.5 Å². The van der Waals surface area contributed by atoms with Gasteiger partial charge in [-0.2, -0.15) is 0 Å². The summed E-state index contributed by atoms with van der Waals surface area (Å²) in [6.07, 6.45) is 3.49. The summed E-state index contributed by atoms with van der Waals surface area (Å²) < 4.78 is 0. The Bertz CT molecular complexity index is 408. The van der Waals surface area contributed by atoms with Crippen molar-refractivity contribution in [3.05, 3.63) is 16.7 Å². The molecule has 1 aliphatic heterocycles. The molecule has 1 aliphatic rings. The molecule has 0 unspecified atom stereocenters. The molecule has 0 spiro atoms.